The Balaban J connectivity index is 1.54. The van der Waals surface area contributed by atoms with Crippen molar-refractivity contribution in [2.24, 2.45) is 0 Å². The maximum atomic E-state index is 12.8. The van der Waals surface area contributed by atoms with E-state index in [-0.39, 0.29) is 11.3 Å². The molecule has 0 saturated heterocycles. The smallest absolute Gasteiger partial charge is 0.228 e. The van der Waals surface area contributed by atoms with Crippen LogP contribution in [0, 0.1) is 0 Å². The van der Waals surface area contributed by atoms with Crippen molar-refractivity contribution in [2.75, 3.05) is 4.90 Å². The number of amides is 1. The van der Waals surface area contributed by atoms with E-state index in [2.05, 4.69) is 91.0 Å². The third-order valence-corrected chi connectivity index (χ3v) is 7.57. The predicted octanol–water partition coefficient (Wildman–Crippen LogP) is 7.71. The Hall–Kier alpha value is -4.43. The summed E-state index contributed by atoms with van der Waals surface area (Å²) in [5, 5.41) is 0. The number of para-hydroxylation sites is 1. The van der Waals surface area contributed by atoms with Crippen molar-refractivity contribution >= 4 is 17.3 Å². The minimum absolute atomic E-state index is 0.00583. The fourth-order valence-corrected chi connectivity index (χ4v) is 6.32. The van der Waals surface area contributed by atoms with Crippen LogP contribution in [-0.2, 0) is 10.2 Å². The van der Waals surface area contributed by atoms with E-state index < -0.39 is 0 Å². The topological polar surface area (TPSA) is 20.3 Å². The van der Waals surface area contributed by atoms with Crippen LogP contribution < -0.4 is 4.90 Å². The molecular formula is C33H23NO. The molecule has 5 aromatic rings. The number of carbonyl (C=O) groups is 1. The first-order valence-electron chi connectivity index (χ1n) is 12.0. The molecule has 0 saturated carbocycles. The standard InChI is InChI=1S/C33H23NO/c1-22(35)34(23-11-3-2-4-12-23)24-19-20-32-28(21-24)27-15-7-10-18-31(27)33(32)29-16-8-5-13-25(29)26-14-6-9-17-30(26)33/h2-21H,1H3. The van der Waals surface area contributed by atoms with Crippen LogP contribution >= 0.6 is 0 Å². The Morgan fingerprint density at radius 2 is 0.971 bits per heavy atom. The molecule has 0 unspecified atom stereocenters. The van der Waals surface area contributed by atoms with Gasteiger partial charge in [0, 0.05) is 18.3 Å². The first-order valence-corrected chi connectivity index (χ1v) is 12.0. The van der Waals surface area contributed by atoms with Crippen molar-refractivity contribution in [3.63, 3.8) is 0 Å². The van der Waals surface area contributed by atoms with Gasteiger partial charge >= 0.3 is 0 Å². The highest BCUT2D eigenvalue weighted by molar-refractivity contribution is 6.01. The molecule has 5 aromatic carbocycles. The summed E-state index contributed by atoms with van der Waals surface area (Å²) in [6.07, 6.45) is 0. The maximum Gasteiger partial charge on any atom is 0.228 e. The predicted molar refractivity (Wildman–Crippen MR) is 142 cm³/mol. The number of carbonyl (C=O) groups excluding carboxylic acids is 1. The van der Waals surface area contributed by atoms with Gasteiger partial charge in [-0.05, 0) is 68.8 Å². The van der Waals surface area contributed by atoms with Gasteiger partial charge in [-0.15, -0.1) is 0 Å². The molecule has 0 heterocycles. The minimum atomic E-state index is -0.356. The van der Waals surface area contributed by atoms with Gasteiger partial charge in [0.25, 0.3) is 0 Å². The number of nitrogens with zero attached hydrogens (tertiary/aromatic N) is 1. The molecule has 2 heteroatoms. The zero-order valence-corrected chi connectivity index (χ0v) is 19.4. The summed E-state index contributed by atoms with van der Waals surface area (Å²) in [5.74, 6) is -0.00583. The fourth-order valence-electron chi connectivity index (χ4n) is 6.32. The summed E-state index contributed by atoms with van der Waals surface area (Å²) in [4.78, 5) is 14.6. The van der Waals surface area contributed by atoms with Crippen molar-refractivity contribution in [2.45, 2.75) is 12.3 Å². The van der Waals surface area contributed by atoms with E-state index in [0.29, 0.717) is 0 Å². The second-order valence-electron chi connectivity index (χ2n) is 9.31. The molecule has 1 amide bonds. The SMILES string of the molecule is CC(=O)N(c1ccccc1)c1ccc2c(c1)-c1ccccc1C21c2ccccc2-c2ccccc21. The van der Waals surface area contributed by atoms with Crippen LogP contribution in [0.5, 0.6) is 0 Å². The quantitative estimate of drug-likeness (QED) is 0.265. The summed E-state index contributed by atoms with van der Waals surface area (Å²) < 4.78 is 0. The average Bonchev–Trinajstić information content (AvgIpc) is 3.36. The van der Waals surface area contributed by atoms with Gasteiger partial charge in [0.15, 0.2) is 0 Å². The Labute approximate surface area is 205 Å². The Kier molecular flexibility index (Phi) is 4.16. The zero-order valence-electron chi connectivity index (χ0n) is 19.4. The van der Waals surface area contributed by atoms with Crippen LogP contribution in [0.1, 0.15) is 29.2 Å². The lowest BCUT2D eigenvalue weighted by molar-refractivity contribution is -0.115. The normalized spacial score (nSPS) is 13.6. The Morgan fingerprint density at radius 3 is 1.51 bits per heavy atom. The minimum Gasteiger partial charge on any atom is -0.281 e. The van der Waals surface area contributed by atoms with Gasteiger partial charge in [-0.3, -0.25) is 9.69 Å². The molecular weight excluding hydrogens is 426 g/mol. The maximum absolute atomic E-state index is 12.8. The van der Waals surface area contributed by atoms with Crippen LogP contribution in [0.25, 0.3) is 22.3 Å². The van der Waals surface area contributed by atoms with E-state index in [1.54, 1.807) is 11.8 Å². The van der Waals surface area contributed by atoms with E-state index in [4.69, 9.17) is 0 Å². The summed E-state index contributed by atoms with van der Waals surface area (Å²) in [6, 6.07) is 42.7. The lowest BCUT2D eigenvalue weighted by Crippen LogP contribution is -2.26. The van der Waals surface area contributed by atoms with Crippen LogP contribution in [-0.4, -0.2) is 5.91 Å². The van der Waals surface area contributed by atoms with Gasteiger partial charge in [-0.1, -0.05) is 97.1 Å². The van der Waals surface area contributed by atoms with E-state index in [0.717, 1.165) is 11.4 Å². The monoisotopic (exact) mass is 449 g/mol. The van der Waals surface area contributed by atoms with Crippen molar-refractivity contribution in [1.82, 2.24) is 0 Å². The molecule has 166 valence electrons. The number of hydrogen-bond donors (Lipinski definition) is 0. The highest BCUT2D eigenvalue weighted by atomic mass is 16.2. The molecule has 0 bridgehead atoms. The number of benzene rings is 5. The van der Waals surface area contributed by atoms with Gasteiger partial charge in [0.05, 0.1) is 5.41 Å². The summed E-state index contributed by atoms with van der Waals surface area (Å²) in [6.45, 7) is 1.62. The lowest BCUT2D eigenvalue weighted by atomic mass is 9.70. The summed E-state index contributed by atoms with van der Waals surface area (Å²) in [5.41, 5.74) is 11.6. The van der Waals surface area contributed by atoms with E-state index >= 15 is 0 Å². The van der Waals surface area contributed by atoms with Crippen molar-refractivity contribution < 1.29 is 4.79 Å². The largest absolute Gasteiger partial charge is 0.281 e. The Bertz CT molecular complexity index is 1590. The lowest BCUT2D eigenvalue weighted by Gasteiger charge is -2.30. The van der Waals surface area contributed by atoms with E-state index in [1.165, 1.54) is 44.5 Å². The highest BCUT2D eigenvalue weighted by Gasteiger charge is 2.51. The molecule has 0 aliphatic heterocycles. The molecule has 0 fully saturated rings. The molecule has 2 aliphatic rings. The molecule has 1 spiro atoms. The molecule has 7 rings (SSSR count). The van der Waals surface area contributed by atoms with Crippen molar-refractivity contribution in [3.8, 4) is 22.3 Å². The van der Waals surface area contributed by atoms with Crippen LogP contribution in [0.3, 0.4) is 0 Å². The molecule has 35 heavy (non-hydrogen) atoms. The summed E-state index contributed by atoms with van der Waals surface area (Å²) >= 11 is 0. The molecule has 2 nitrogen and oxygen atoms in total. The highest BCUT2D eigenvalue weighted by Crippen LogP contribution is 2.62. The fraction of sp³-hybridized carbons (Fsp3) is 0.0606. The third-order valence-electron chi connectivity index (χ3n) is 7.57. The first kappa shape index (κ1) is 20.0. The van der Waals surface area contributed by atoms with Gasteiger partial charge in [0.1, 0.15) is 0 Å². The van der Waals surface area contributed by atoms with Gasteiger partial charge in [-0.2, -0.15) is 0 Å². The second kappa shape index (κ2) is 7.28. The first-order chi connectivity index (χ1) is 17.2. The number of anilines is 2. The molecule has 0 radical (unpaired) electrons. The van der Waals surface area contributed by atoms with E-state index in [9.17, 15) is 4.79 Å². The summed E-state index contributed by atoms with van der Waals surface area (Å²) in [7, 11) is 0. The zero-order chi connectivity index (χ0) is 23.6. The number of rotatable bonds is 2. The van der Waals surface area contributed by atoms with Gasteiger partial charge < -0.3 is 0 Å². The number of hydrogen-bond acceptors (Lipinski definition) is 1. The molecule has 0 atom stereocenters. The van der Waals surface area contributed by atoms with Crippen LogP contribution in [0.2, 0.25) is 0 Å². The Morgan fingerprint density at radius 1 is 0.514 bits per heavy atom. The second-order valence-corrected chi connectivity index (χ2v) is 9.31. The number of fused-ring (bicyclic) bond motifs is 10. The molecule has 0 aromatic heterocycles. The van der Waals surface area contributed by atoms with Crippen LogP contribution in [0.15, 0.2) is 121 Å². The van der Waals surface area contributed by atoms with Crippen molar-refractivity contribution in [3.05, 3.63) is 144 Å². The molecule has 0 N–H and O–H groups in total. The van der Waals surface area contributed by atoms with Crippen molar-refractivity contribution in [1.29, 1.82) is 0 Å². The van der Waals surface area contributed by atoms with Crippen LogP contribution in [0.4, 0.5) is 11.4 Å². The average molecular weight is 450 g/mol. The third kappa shape index (κ3) is 2.57. The molecule has 2 aliphatic carbocycles. The van der Waals surface area contributed by atoms with Gasteiger partial charge in [-0.25, -0.2) is 0 Å². The van der Waals surface area contributed by atoms with Gasteiger partial charge in [0.2, 0.25) is 5.91 Å². The van der Waals surface area contributed by atoms with E-state index in [1.807, 2.05) is 30.3 Å².